The number of benzene rings is 2. The van der Waals surface area contributed by atoms with Crippen LogP contribution in [0.4, 0.5) is 17.5 Å². The second-order valence-corrected chi connectivity index (χ2v) is 6.29. The molecule has 0 aliphatic rings. The number of anilines is 3. The van der Waals surface area contributed by atoms with E-state index >= 15 is 0 Å². The molecular weight excluding hydrogens is 364 g/mol. The van der Waals surface area contributed by atoms with E-state index in [1.807, 2.05) is 37.3 Å². The van der Waals surface area contributed by atoms with Crippen LogP contribution < -0.4 is 20.1 Å². The molecule has 7 heteroatoms. The van der Waals surface area contributed by atoms with Crippen LogP contribution in [0, 0.1) is 6.92 Å². The predicted molar refractivity (Wildman–Crippen MR) is 108 cm³/mol. The van der Waals surface area contributed by atoms with Gasteiger partial charge in [-0.2, -0.15) is 4.98 Å². The van der Waals surface area contributed by atoms with Gasteiger partial charge in [0, 0.05) is 28.9 Å². The van der Waals surface area contributed by atoms with Crippen LogP contribution in [0.1, 0.15) is 11.3 Å². The Morgan fingerprint density at radius 2 is 1.74 bits per heavy atom. The van der Waals surface area contributed by atoms with E-state index in [4.69, 9.17) is 21.1 Å². The van der Waals surface area contributed by atoms with Gasteiger partial charge in [-0.25, -0.2) is 4.98 Å². The maximum atomic E-state index is 6.10. The van der Waals surface area contributed by atoms with Gasteiger partial charge in [0.05, 0.1) is 19.9 Å². The van der Waals surface area contributed by atoms with Crippen LogP contribution in [0.5, 0.6) is 11.5 Å². The highest BCUT2D eigenvalue weighted by atomic mass is 35.5. The van der Waals surface area contributed by atoms with Crippen molar-refractivity contribution in [2.24, 2.45) is 0 Å². The largest absolute Gasteiger partial charge is 0.496 e. The zero-order chi connectivity index (χ0) is 19.2. The summed E-state index contributed by atoms with van der Waals surface area (Å²) in [6.45, 7) is 2.46. The van der Waals surface area contributed by atoms with E-state index in [1.165, 1.54) is 0 Å². The first-order chi connectivity index (χ1) is 13.1. The third kappa shape index (κ3) is 4.80. The quantitative estimate of drug-likeness (QED) is 0.609. The van der Waals surface area contributed by atoms with E-state index in [2.05, 4.69) is 20.6 Å². The summed E-state index contributed by atoms with van der Waals surface area (Å²) >= 11 is 6.10. The number of ether oxygens (including phenoxy) is 2. The lowest BCUT2D eigenvalue weighted by molar-refractivity contribution is 0.410. The number of rotatable bonds is 7. The minimum Gasteiger partial charge on any atom is -0.496 e. The number of nitrogens with zero attached hydrogens (tertiary/aromatic N) is 2. The molecule has 1 aromatic heterocycles. The average Bonchev–Trinajstić information content (AvgIpc) is 2.66. The van der Waals surface area contributed by atoms with E-state index in [9.17, 15) is 0 Å². The molecule has 0 fully saturated rings. The Bertz CT molecular complexity index is 934. The Kier molecular flexibility index (Phi) is 5.98. The van der Waals surface area contributed by atoms with Crippen LogP contribution >= 0.6 is 11.6 Å². The van der Waals surface area contributed by atoms with Gasteiger partial charge in [0.2, 0.25) is 5.95 Å². The van der Waals surface area contributed by atoms with E-state index in [1.54, 1.807) is 32.4 Å². The van der Waals surface area contributed by atoms with Crippen molar-refractivity contribution in [2.45, 2.75) is 13.5 Å². The number of hydrogen-bond donors (Lipinski definition) is 2. The van der Waals surface area contributed by atoms with Gasteiger partial charge in [-0.3, -0.25) is 0 Å². The molecular formula is C20H21ClN4O2. The lowest BCUT2D eigenvalue weighted by atomic mass is 10.2. The van der Waals surface area contributed by atoms with Gasteiger partial charge >= 0.3 is 0 Å². The van der Waals surface area contributed by atoms with Crippen LogP contribution in [-0.2, 0) is 6.54 Å². The Labute approximate surface area is 163 Å². The normalized spacial score (nSPS) is 10.4. The second-order valence-electron chi connectivity index (χ2n) is 5.85. The molecule has 0 amide bonds. The molecule has 6 nitrogen and oxygen atoms in total. The monoisotopic (exact) mass is 384 g/mol. The smallest absolute Gasteiger partial charge is 0.225 e. The third-order valence-corrected chi connectivity index (χ3v) is 4.14. The van der Waals surface area contributed by atoms with Crippen molar-refractivity contribution >= 4 is 29.1 Å². The summed E-state index contributed by atoms with van der Waals surface area (Å²) in [5.41, 5.74) is 2.59. The first kappa shape index (κ1) is 18.8. The summed E-state index contributed by atoms with van der Waals surface area (Å²) in [5.74, 6) is 2.66. The summed E-state index contributed by atoms with van der Waals surface area (Å²) < 4.78 is 10.7. The van der Waals surface area contributed by atoms with Gasteiger partial charge in [0.25, 0.3) is 0 Å². The summed E-state index contributed by atoms with van der Waals surface area (Å²) in [4.78, 5) is 8.98. The van der Waals surface area contributed by atoms with Crippen LogP contribution in [0.25, 0.3) is 0 Å². The minimum absolute atomic E-state index is 0.518. The van der Waals surface area contributed by atoms with Gasteiger partial charge < -0.3 is 20.1 Å². The van der Waals surface area contributed by atoms with Crippen molar-refractivity contribution in [3.05, 3.63) is 64.8 Å². The van der Waals surface area contributed by atoms with Crippen LogP contribution in [0.3, 0.4) is 0 Å². The zero-order valence-electron chi connectivity index (χ0n) is 15.4. The molecule has 27 heavy (non-hydrogen) atoms. The van der Waals surface area contributed by atoms with Gasteiger partial charge in [-0.1, -0.05) is 29.8 Å². The fraction of sp³-hybridized carbons (Fsp3) is 0.200. The molecule has 0 spiro atoms. The van der Waals surface area contributed by atoms with E-state index < -0.39 is 0 Å². The lowest BCUT2D eigenvalue weighted by Gasteiger charge is -2.13. The SMILES string of the molecule is COc1ccccc1CNc1nc(C)cc(Nc2cc(Cl)ccc2OC)n1. The first-order valence-electron chi connectivity index (χ1n) is 8.41. The fourth-order valence-corrected chi connectivity index (χ4v) is 2.82. The molecule has 0 aliphatic heterocycles. The molecule has 0 bridgehead atoms. The maximum Gasteiger partial charge on any atom is 0.225 e. The molecule has 3 aromatic rings. The van der Waals surface area contributed by atoms with Crippen molar-refractivity contribution in [2.75, 3.05) is 24.9 Å². The van der Waals surface area contributed by atoms with Gasteiger partial charge in [0.15, 0.2) is 0 Å². The molecule has 0 unspecified atom stereocenters. The molecule has 0 aliphatic carbocycles. The number of aromatic nitrogens is 2. The Balaban J connectivity index is 1.79. The summed E-state index contributed by atoms with van der Waals surface area (Å²) in [5, 5.41) is 7.09. The lowest BCUT2D eigenvalue weighted by Crippen LogP contribution is -2.07. The van der Waals surface area contributed by atoms with Crippen molar-refractivity contribution in [3.63, 3.8) is 0 Å². The molecule has 2 N–H and O–H groups in total. The van der Waals surface area contributed by atoms with E-state index in [0.29, 0.717) is 29.1 Å². The van der Waals surface area contributed by atoms with Crippen molar-refractivity contribution in [1.82, 2.24) is 9.97 Å². The fourth-order valence-electron chi connectivity index (χ4n) is 2.65. The number of halogens is 1. The van der Waals surface area contributed by atoms with Crippen molar-refractivity contribution < 1.29 is 9.47 Å². The molecule has 140 valence electrons. The maximum absolute atomic E-state index is 6.10. The molecule has 1 heterocycles. The minimum atomic E-state index is 0.518. The highest BCUT2D eigenvalue weighted by Gasteiger charge is 2.08. The molecule has 0 saturated carbocycles. The average molecular weight is 385 g/mol. The summed E-state index contributed by atoms with van der Waals surface area (Å²) in [7, 11) is 3.27. The van der Waals surface area contributed by atoms with E-state index in [0.717, 1.165) is 22.7 Å². The number of para-hydroxylation sites is 1. The van der Waals surface area contributed by atoms with Gasteiger partial charge in [-0.05, 0) is 31.2 Å². The third-order valence-electron chi connectivity index (χ3n) is 3.91. The summed E-state index contributed by atoms with van der Waals surface area (Å²) in [6.07, 6.45) is 0. The second kappa shape index (κ2) is 8.60. The van der Waals surface area contributed by atoms with Crippen LogP contribution in [0.15, 0.2) is 48.5 Å². The first-order valence-corrected chi connectivity index (χ1v) is 8.79. The molecule has 3 rings (SSSR count). The van der Waals surface area contributed by atoms with Crippen LogP contribution in [0.2, 0.25) is 5.02 Å². The van der Waals surface area contributed by atoms with Crippen molar-refractivity contribution in [1.29, 1.82) is 0 Å². The standard InChI is InChI=1S/C20H21ClN4O2/c1-13-10-19(24-16-11-15(21)8-9-18(16)27-3)25-20(23-13)22-12-14-6-4-5-7-17(14)26-2/h4-11H,12H2,1-3H3,(H2,22,23,24,25). The molecule has 0 radical (unpaired) electrons. The molecule has 0 saturated heterocycles. The Morgan fingerprint density at radius 3 is 2.52 bits per heavy atom. The van der Waals surface area contributed by atoms with Crippen LogP contribution in [-0.4, -0.2) is 24.2 Å². The topological polar surface area (TPSA) is 68.3 Å². The number of methoxy groups -OCH3 is 2. The Hall–Kier alpha value is -2.99. The van der Waals surface area contributed by atoms with Gasteiger partial charge in [0.1, 0.15) is 17.3 Å². The molecule has 0 atom stereocenters. The number of aryl methyl sites for hydroxylation is 1. The van der Waals surface area contributed by atoms with E-state index in [-0.39, 0.29) is 0 Å². The number of nitrogens with one attached hydrogen (secondary N) is 2. The van der Waals surface area contributed by atoms with Crippen molar-refractivity contribution in [3.8, 4) is 11.5 Å². The Morgan fingerprint density at radius 1 is 0.963 bits per heavy atom. The highest BCUT2D eigenvalue weighted by Crippen LogP contribution is 2.30. The molecule has 2 aromatic carbocycles. The number of hydrogen-bond acceptors (Lipinski definition) is 6. The summed E-state index contributed by atoms with van der Waals surface area (Å²) in [6, 6.07) is 15.1. The highest BCUT2D eigenvalue weighted by molar-refractivity contribution is 6.31. The zero-order valence-corrected chi connectivity index (χ0v) is 16.2. The predicted octanol–water partition coefficient (Wildman–Crippen LogP) is 4.81. The van der Waals surface area contributed by atoms with Gasteiger partial charge in [-0.15, -0.1) is 0 Å².